The van der Waals surface area contributed by atoms with E-state index in [0.29, 0.717) is 17.2 Å². The highest BCUT2D eigenvalue weighted by Crippen LogP contribution is 2.31. The first-order valence-electron chi connectivity index (χ1n) is 10.4. The van der Waals surface area contributed by atoms with Gasteiger partial charge in [-0.15, -0.1) is 0 Å². The highest BCUT2D eigenvalue weighted by molar-refractivity contribution is 7.91. The summed E-state index contributed by atoms with van der Waals surface area (Å²) in [6, 6.07) is 12.1. The fourth-order valence-corrected chi connectivity index (χ4v) is 5.38. The van der Waals surface area contributed by atoms with Crippen LogP contribution in [0.1, 0.15) is 29.3 Å². The van der Waals surface area contributed by atoms with Crippen LogP contribution >= 0.6 is 11.3 Å². The van der Waals surface area contributed by atoms with Gasteiger partial charge in [-0.3, -0.25) is 9.69 Å². The van der Waals surface area contributed by atoms with E-state index in [1.807, 2.05) is 35.9 Å². The molecule has 9 heteroatoms. The molecule has 4 rings (SSSR count). The molecular weight excluding hydrogens is 444 g/mol. The molecule has 0 fully saturated rings. The molecule has 0 aliphatic rings. The second kappa shape index (κ2) is 9.22. The van der Waals surface area contributed by atoms with Crippen LogP contribution in [0.5, 0.6) is 0 Å². The summed E-state index contributed by atoms with van der Waals surface area (Å²) < 4.78 is 27.2. The molecule has 32 heavy (non-hydrogen) atoms. The molecule has 0 bridgehead atoms. The second-order valence-corrected chi connectivity index (χ2v) is 10.7. The molecule has 0 saturated carbocycles. The summed E-state index contributed by atoms with van der Waals surface area (Å²) in [5.74, 6) is -0.182. The largest absolute Gasteiger partial charge is 0.337 e. The Morgan fingerprint density at radius 3 is 2.59 bits per heavy atom. The molecular formula is C23H24N4O3S2. The van der Waals surface area contributed by atoms with Gasteiger partial charge in [0.1, 0.15) is 0 Å². The van der Waals surface area contributed by atoms with Crippen molar-refractivity contribution in [2.75, 3.05) is 17.2 Å². The monoisotopic (exact) mass is 468 g/mol. The first kappa shape index (κ1) is 22.2. The maximum Gasteiger partial charge on any atom is 0.260 e. The summed E-state index contributed by atoms with van der Waals surface area (Å²) >= 11 is 1.48. The molecule has 0 radical (unpaired) electrons. The van der Waals surface area contributed by atoms with E-state index in [9.17, 15) is 13.2 Å². The van der Waals surface area contributed by atoms with Crippen LogP contribution in [0.2, 0.25) is 0 Å². The molecule has 2 aromatic heterocycles. The van der Waals surface area contributed by atoms with E-state index in [4.69, 9.17) is 4.98 Å². The zero-order valence-electron chi connectivity index (χ0n) is 17.9. The van der Waals surface area contributed by atoms with Gasteiger partial charge in [-0.05, 0) is 49.2 Å². The van der Waals surface area contributed by atoms with Gasteiger partial charge < -0.3 is 4.57 Å². The third-order valence-electron chi connectivity index (χ3n) is 5.28. The quantitative estimate of drug-likeness (QED) is 0.384. The third kappa shape index (κ3) is 4.58. The average molecular weight is 469 g/mol. The van der Waals surface area contributed by atoms with Gasteiger partial charge in [0.15, 0.2) is 15.0 Å². The molecule has 2 heterocycles. The number of aromatic nitrogens is 3. The molecule has 0 atom stereocenters. The molecule has 4 aromatic rings. The first-order chi connectivity index (χ1) is 15.4. The van der Waals surface area contributed by atoms with E-state index in [2.05, 4.69) is 4.98 Å². The number of aryl methyl sites for hydroxylation is 2. The standard InChI is InChI=1S/C23H24N4O3S2/c1-3-32(29,30)19-10-8-18(9-11-19)22(28)27(14-5-13-26-15-12-24-16-26)23-25-21-17(2)6-4-7-20(21)31-23/h4,6-12,15-16H,3,5,13-14H2,1-2H3. The number of anilines is 1. The van der Waals surface area contributed by atoms with Gasteiger partial charge in [-0.1, -0.05) is 30.4 Å². The van der Waals surface area contributed by atoms with Crippen molar-refractivity contribution in [2.24, 2.45) is 0 Å². The van der Waals surface area contributed by atoms with E-state index in [1.54, 1.807) is 36.5 Å². The number of amides is 1. The summed E-state index contributed by atoms with van der Waals surface area (Å²) in [6.45, 7) is 4.81. The maximum absolute atomic E-state index is 13.5. The Morgan fingerprint density at radius 2 is 1.94 bits per heavy atom. The molecule has 7 nitrogen and oxygen atoms in total. The van der Waals surface area contributed by atoms with Crippen molar-refractivity contribution in [1.29, 1.82) is 0 Å². The van der Waals surface area contributed by atoms with Gasteiger partial charge in [-0.25, -0.2) is 18.4 Å². The zero-order chi connectivity index (χ0) is 22.7. The third-order valence-corrected chi connectivity index (χ3v) is 8.08. The number of carbonyl (C=O) groups excluding carboxylic acids is 1. The summed E-state index contributed by atoms with van der Waals surface area (Å²) in [5.41, 5.74) is 2.38. The van der Waals surface area contributed by atoms with Crippen LogP contribution in [0, 0.1) is 6.92 Å². The van der Waals surface area contributed by atoms with Crippen molar-refractivity contribution in [3.63, 3.8) is 0 Å². The normalized spacial score (nSPS) is 11.7. The van der Waals surface area contributed by atoms with E-state index in [1.165, 1.54) is 23.5 Å². The SMILES string of the molecule is CCS(=O)(=O)c1ccc(C(=O)N(CCCn2ccnc2)c2nc3c(C)cccc3s2)cc1. The molecule has 0 unspecified atom stereocenters. The number of sulfone groups is 1. The van der Waals surface area contributed by atoms with E-state index < -0.39 is 9.84 Å². The van der Waals surface area contributed by atoms with Gasteiger partial charge in [0.2, 0.25) is 0 Å². The number of fused-ring (bicyclic) bond motifs is 1. The Hall–Kier alpha value is -3.04. The molecule has 2 aromatic carbocycles. The van der Waals surface area contributed by atoms with Gasteiger partial charge in [0.25, 0.3) is 5.91 Å². The summed E-state index contributed by atoms with van der Waals surface area (Å²) in [4.78, 5) is 24.2. The molecule has 0 aliphatic carbocycles. The van der Waals surface area contributed by atoms with Crippen LogP contribution in [0.4, 0.5) is 5.13 Å². The van der Waals surface area contributed by atoms with Crippen molar-refractivity contribution in [1.82, 2.24) is 14.5 Å². The Labute approximate surface area is 191 Å². The van der Waals surface area contributed by atoms with Gasteiger partial charge in [0, 0.05) is 31.0 Å². The number of para-hydroxylation sites is 1. The molecule has 0 spiro atoms. The predicted octanol–water partition coefficient (Wildman–Crippen LogP) is 4.33. The lowest BCUT2D eigenvalue weighted by Gasteiger charge is -2.20. The van der Waals surface area contributed by atoms with Crippen LogP contribution in [-0.2, 0) is 16.4 Å². The molecule has 1 amide bonds. The minimum atomic E-state index is -3.32. The number of hydrogen-bond donors (Lipinski definition) is 0. The molecule has 0 aliphatic heterocycles. The molecule has 0 N–H and O–H groups in total. The number of benzene rings is 2. The average Bonchev–Trinajstić information content (AvgIpc) is 3.47. The maximum atomic E-state index is 13.5. The van der Waals surface area contributed by atoms with Crippen molar-refractivity contribution in [3.8, 4) is 0 Å². The van der Waals surface area contributed by atoms with E-state index in [0.717, 1.165) is 28.7 Å². The van der Waals surface area contributed by atoms with Crippen molar-refractivity contribution in [3.05, 3.63) is 72.3 Å². The van der Waals surface area contributed by atoms with Gasteiger partial charge in [0.05, 0.1) is 27.2 Å². The number of rotatable bonds is 8. The van der Waals surface area contributed by atoms with Gasteiger partial charge >= 0.3 is 0 Å². The van der Waals surface area contributed by atoms with Crippen molar-refractivity contribution >= 4 is 42.4 Å². The van der Waals surface area contributed by atoms with E-state index in [-0.39, 0.29) is 16.6 Å². The van der Waals surface area contributed by atoms with Crippen LogP contribution in [-0.4, -0.2) is 41.2 Å². The highest BCUT2D eigenvalue weighted by Gasteiger charge is 2.22. The Kier molecular flexibility index (Phi) is 6.38. The smallest absolute Gasteiger partial charge is 0.260 e. The number of hydrogen-bond acceptors (Lipinski definition) is 6. The predicted molar refractivity (Wildman–Crippen MR) is 127 cm³/mol. The van der Waals surface area contributed by atoms with Crippen LogP contribution in [0.3, 0.4) is 0 Å². The minimum Gasteiger partial charge on any atom is -0.337 e. The van der Waals surface area contributed by atoms with Crippen LogP contribution < -0.4 is 4.90 Å². The second-order valence-electron chi connectivity index (χ2n) is 7.46. The van der Waals surface area contributed by atoms with Crippen molar-refractivity contribution < 1.29 is 13.2 Å². The highest BCUT2D eigenvalue weighted by atomic mass is 32.2. The molecule has 0 saturated heterocycles. The lowest BCUT2D eigenvalue weighted by Crippen LogP contribution is -2.32. The first-order valence-corrected chi connectivity index (χ1v) is 12.8. The topological polar surface area (TPSA) is 85.2 Å². The fourth-order valence-electron chi connectivity index (χ4n) is 3.43. The minimum absolute atomic E-state index is 0.0196. The number of thiazole rings is 1. The fraction of sp³-hybridized carbons (Fsp3) is 0.261. The summed E-state index contributed by atoms with van der Waals surface area (Å²) in [6.07, 6.45) is 6.09. The molecule has 166 valence electrons. The lowest BCUT2D eigenvalue weighted by atomic mass is 10.2. The van der Waals surface area contributed by atoms with Crippen molar-refractivity contribution in [2.45, 2.75) is 31.7 Å². The zero-order valence-corrected chi connectivity index (χ0v) is 19.6. The van der Waals surface area contributed by atoms with E-state index >= 15 is 0 Å². The Bertz CT molecular complexity index is 1330. The number of nitrogens with zero attached hydrogens (tertiary/aromatic N) is 4. The Morgan fingerprint density at radius 1 is 1.16 bits per heavy atom. The number of imidazole rings is 1. The summed E-state index contributed by atoms with van der Waals surface area (Å²) in [5, 5.41) is 0.634. The lowest BCUT2D eigenvalue weighted by molar-refractivity contribution is 0.0986. The van der Waals surface area contributed by atoms with Gasteiger partial charge in [-0.2, -0.15) is 0 Å². The Balaban J connectivity index is 1.64. The van der Waals surface area contributed by atoms with Crippen LogP contribution in [0.25, 0.3) is 10.2 Å². The summed E-state index contributed by atoms with van der Waals surface area (Å²) in [7, 11) is -3.32. The number of carbonyl (C=O) groups is 1. The van der Waals surface area contributed by atoms with Crippen LogP contribution in [0.15, 0.2) is 66.1 Å².